The molecule has 2 atom stereocenters. The van der Waals surface area contributed by atoms with Crippen molar-refractivity contribution in [3.05, 3.63) is 34.7 Å². The first-order valence-electron chi connectivity index (χ1n) is 6.25. The summed E-state index contributed by atoms with van der Waals surface area (Å²) in [6.07, 6.45) is 8.07. The van der Waals surface area contributed by atoms with Crippen LogP contribution in [0.5, 0.6) is 0 Å². The minimum absolute atomic E-state index is 0.140. The van der Waals surface area contributed by atoms with Crippen LogP contribution in [0.1, 0.15) is 6.92 Å². The van der Waals surface area contributed by atoms with Crippen molar-refractivity contribution in [2.45, 2.75) is 18.7 Å². The summed E-state index contributed by atoms with van der Waals surface area (Å²) in [5.74, 6) is 1.89. The first kappa shape index (κ1) is 17.3. The molecule has 0 saturated heterocycles. The lowest BCUT2D eigenvalue weighted by atomic mass is 10.3. The Morgan fingerprint density at radius 3 is 2.71 bits per heavy atom. The summed E-state index contributed by atoms with van der Waals surface area (Å²) in [4.78, 5) is 22.1. The van der Waals surface area contributed by atoms with Gasteiger partial charge in [-0.25, -0.2) is 0 Å². The fourth-order valence-electron chi connectivity index (χ4n) is 1.58. The number of terminal acetylenes is 1. The number of aromatic nitrogens is 1. The van der Waals surface area contributed by atoms with E-state index < -0.39 is 17.7 Å². The third-order valence-electron chi connectivity index (χ3n) is 2.76. The van der Waals surface area contributed by atoms with Crippen LogP contribution >= 0.6 is 11.8 Å². The number of nitrogens with one attached hydrogen (secondary N) is 1. The Balaban J connectivity index is 2.56. The van der Waals surface area contributed by atoms with E-state index in [1.807, 2.05) is 0 Å². The van der Waals surface area contributed by atoms with Gasteiger partial charge in [0.25, 0.3) is 0 Å². The highest BCUT2D eigenvalue weighted by Crippen LogP contribution is 2.18. The normalized spacial score (nSPS) is 14.9. The van der Waals surface area contributed by atoms with Gasteiger partial charge in [0.1, 0.15) is 11.8 Å². The lowest BCUT2D eigenvalue weighted by molar-refractivity contribution is -0.138. The zero-order valence-electron chi connectivity index (χ0n) is 11.7. The predicted molar refractivity (Wildman–Crippen MR) is 82.2 cm³/mol. The zero-order chi connectivity index (χ0) is 15.9. The quantitative estimate of drug-likeness (QED) is 0.582. The number of hydrogen-bond acceptors (Lipinski definition) is 5. The molecule has 1 heterocycles. The second kappa shape index (κ2) is 7.88. The van der Waals surface area contributed by atoms with E-state index in [-0.39, 0.29) is 23.5 Å². The number of carboxylic acids is 1. The smallest absolute Gasteiger partial charge is 0.321 e. The van der Waals surface area contributed by atoms with Crippen molar-refractivity contribution in [2.75, 3.05) is 18.1 Å². The van der Waals surface area contributed by atoms with Crippen LogP contribution < -0.4 is 10.7 Å². The molecule has 21 heavy (non-hydrogen) atoms. The molecule has 1 rings (SSSR count). The molecule has 3 N–H and O–H groups in total. The van der Waals surface area contributed by atoms with Crippen molar-refractivity contribution in [3.63, 3.8) is 0 Å². The number of aliphatic hydroxyl groups is 1. The van der Waals surface area contributed by atoms with E-state index in [4.69, 9.17) is 11.5 Å². The highest BCUT2D eigenvalue weighted by molar-refractivity contribution is 7.99. The molecule has 6 nitrogen and oxygen atoms in total. The van der Waals surface area contributed by atoms with Gasteiger partial charge in [0.05, 0.1) is 6.54 Å². The Hall–Kier alpha value is -1.75. The van der Waals surface area contributed by atoms with Gasteiger partial charge in [-0.15, -0.1) is 6.42 Å². The van der Waals surface area contributed by atoms with Crippen molar-refractivity contribution >= 4 is 17.7 Å². The molecule has 0 aliphatic rings. The van der Waals surface area contributed by atoms with Gasteiger partial charge < -0.3 is 14.8 Å². The first-order chi connectivity index (χ1) is 9.86. The molecular formula is C14H18N2O4S. The van der Waals surface area contributed by atoms with Crippen LogP contribution in [0, 0.1) is 12.3 Å². The van der Waals surface area contributed by atoms with Gasteiger partial charge in [0, 0.05) is 36.0 Å². The summed E-state index contributed by atoms with van der Waals surface area (Å²) in [6.45, 7) is 1.77. The fourth-order valence-corrected chi connectivity index (χ4v) is 2.73. The average molecular weight is 310 g/mol. The Bertz CT molecular complexity index is 557. The summed E-state index contributed by atoms with van der Waals surface area (Å²) in [6, 6.07) is 1.94. The minimum atomic E-state index is -1.21. The summed E-state index contributed by atoms with van der Waals surface area (Å²) in [5.41, 5.74) is -1.35. The van der Waals surface area contributed by atoms with Crippen molar-refractivity contribution in [1.29, 1.82) is 0 Å². The highest BCUT2D eigenvalue weighted by atomic mass is 32.2. The van der Waals surface area contributed by atoms with Crippen molar-refractivity contribution in [1.82, 2.24) is 9.88 Å². The minimum Gasteiger partial charge on any atom is -0.480 e. The van der Waals surface area contributed by atoms with Crippen LogP contribution in [0.4, 0.5) is 0 Å². The van der Waals surface area contributed by atoms with E-state index in [9.17, 15) is 14.7 Å². The Labute approximate surface area is 127 Å². The molecule has 0 radical (unpaired) electrons. The third kappa shape index (κ3) is 5.63. The molecule has 0 aliphatic carbocycles. The van der Waals surface area contributed by atoms with Gasteiger partial charge in [0.15, 0.2) is 5.43 Å². The van der Waals surface area contributed by atoms with E-state index in [0.717, 1.165) is 0 Å². The van der Waals surface area contributed by atoms with E-state index >= 15 is 0 Å². The fraction of sp³-hybridized carbons (Fsp3) is 0.429. The van der Waals surface area contributed by atoms with Gasteiger partial charge in [-0.05, 0) is 6.92 Å². The number of hydrogen-bond donors (Lipinski definition) is 3. The Kier molecular flexibility index (Phi) is 6.49. The summed E-state index contributed by atoms with van der Waals surface area (Å²) in [7, 11) is 0. The molecule has 0 aliphatic heterocycles. The van der Waals surface area contributed by atoms with Gasteiger partial charge in [0.2, 0.25) is 0 Å². The lowest BCUT2D eigenvalue weighted by Crippen LogP contribution is -2.40. The third-order valence-corrected chi connectivity index (χ3v) is 4.08. The van der Waals surface area contributed by atoms with Crippen LogP contribution in [-0.4, -0.2) is 44.8 Å². The topological polar surface area (TPSA) is 91.6 Å². The summed E-state index contributed by atoms with van der Waals surface area (Å²) >= 11 is 1.29. The molecule has 0 amide bonds. The van der Waals surface area contributed by atoms with Crippen LogP contribution in [0.25, 0.3) is 0 Å². The number of carboxylic acid groups (broad SMARTS) is 1. The van der Waals surface area contributed by atoms with E-state index in [0.29, 0.717) is 0 Å². The first-order valence-corrected chi connectivity index (χ1v) is 7.41. The highest BCUT2D eigenvalue weighted by Gasteiger charge is 2.23. The van der Waals surface area contributed by atoms with Gasteiger partial charge >= 0.3 is 5.97 Å². The molecule has 0 aromatic carbocycles. The second-order valence-corrected chi connectivity index (χ2v) is 5.68. The summed E-state index contributed by atoms with van der Waals surface area (Å²) in [5, 5.41) is 22.1. The van der Waals surface area contributed by atoms with Gasteiger partial charge in [-0.3, -0.25) is 14.9 Å². The maximum atomic E-state index is 11.0. The maximum Gasteiger partial charge on any atom is 0.321 e. The molecule has 0 spiro atoms. The van der Waals surface area contributed by atoms with Crippen LogP contribution in [0.15, 0.2) is 29.3 Å². The Morgan fingerprint density at radius 2 is 2.19 bits per heavy atom. The molecule has 1 aromatic heterocycles. The molecule has 0 bridgehead atoms. The van der Waals surface area contributed by atoms with Crippen LogP contribution in [0.3, 0.4) is 0 Å². The number of nitrogens with zero attached hydrogens (tertiary/aromatic N) is 1. The van der Waals surface area contributed by atoms with E-state index in [1.54, 1.807) is 6.92 Å². The van der Waals surface area contributed by atoms with Gasteiger partial charge in [-0.1, -0.05) is 5.92 Å². The maximum absolute atomic E-state index is 11.0. The second-order valence-electron chi connectivity index (χ2n) is 4.65. The number of thioether (sulfide) groups is 1. The van der Waals surface area contributed by atoms with E-state index in [1.165, 1.54) is 40.9 Å². The zero-order valence-corrected chi connectivity index (χ0v) is 12.5. The summed E-state index contributed by atoms with van der Waals surface area (Å²) < 4.78 is 1.51. The molecule has 1 aromatic rings. The lowest BCUT2D eigenvalue weighted by Gasteiger charge is -2.26. The number of aliphatic carboxylic acids is 1. The number of rotatable bonds is 8. The van der Waals surface area contributed by atoms with Crippen molar-refractivity contribution in [3.8, 4) is 12.3 Å². The molecular weight excluding hydrogens is 292 g/mol. The van der Waals surface area contributed by atoms with Crippen molar-refractivity contribution in [2.24, 2.45) is 0 Å². The van der Waals surface area contributed by atoms with Gasteiger partial charge in [-0.2, -0.15) is 11.8 Å². The standard InChI is InChI=1S/C14H18N2O4S/c1-3-6-15-12(13(18)19)9-21-10-14(2,20)16-7-4-11(17)5-8-16/h1,4-5,7-8,12,15,20H,6,9-10H2,2H3,(H,18,19)/t12-,14?/m1/s1. The predicted octanol–water partition coefficient (Wildman–Crippen LogP) is -0.0775. The van der Waals surface area contributed by atoms with Crippen molar-refractivity contribution < 1.29 is 15.0 Å². The number of pyridine rings is 1. The van der Waals surface area contributed by atoms with Crippen LogP contribution in [0.2, 0.25) is 0 Å². The largest absolute Gasteiger partial charge is 0.480 e. The SMILES string of the molecule is C#CCN[C@H](CSCC(C)(O)n1ccc(=O)cc1)C(=O)O. The van der Waals surface area contributed by atoms with Crippen LogP contribution in [-0.2, 0) is 10.5 Å². The van der Waals surface area contributed by atoms with E-state index in [2.05, 4.69) is 11.2 Å². The molecule has 7 heteroatoms. The average Bonchev–Trinajstić information content (AvgIpc) is 2.42. The molecule has 0 saturated carbocycles. The monoisotopic (exact) mass is 310 g/mol. The molecule has 114 valence electrons. The number of carbonyl (C=O) groups is 1. The molecule has 0 fully saturated rings. The molecule has 1 unspecified atom stereocenters. The Morgan fingerprint density at radius 1 is 1.57 bits per heavy atom.